The Bertz CT molecular complexity index is 1330. The van der Waals surface area contributed by atoms with Crippen LogP contribution in [-0.2, 0) is 25.6 Å². The minimum absolute atomic E-state index is 0.0638. The Balaban J connectivity index is 1.45. The summed E-state index contributed by atoms with van der Waals surface area (Å²) in [5.74, 6) is -0.0328. The largest absolute Gasteiger partial charge is 0.380 e. The molecule has 0 atom stereocenters. The van der Waals surface area contributed by atoms with Gasteiger partial charge in [0.15, 0.2) is 5.17 Å². The van der Waals surface area contributed by atoms with Crippen LogP contribution >= 0.6 is 11.8 Å². The van der Waals surface area contributed by atoms with Gasteiger partial charge in [-0.3, -0.25) is 14.5 Å². The van der Waals surface area contributed by atoms with Crippen LogP contribution in [0.15, 0.2) is 70.7 Å². The Morgan fingerprint density at radius 3 is 2.65 bits per heavy atom. The monoisotopic (exact) mass is 518 g/mol. The number of nitrogens with zero attached hydrogens (tertiary/aromatic N) is 4. The Morgan fingerprint density at radius 2 is 1.86 bits per heavy atom. The van der Waals surface area contributed by atoms with Gasteiger partial charge in [-0.1, -0.05) is 36.4 Å². The van der Waals surface area contributed by atoms with Gasteiger partial charge in [0.2, 0.25) is 5.91 Å². The first-order valence-electron chi connectivity index (χ1n) is 12.5. The summed E-state index contributed by atoms with van der Waals surface area (Å²) in [6.07, 6.45) is 3.87. The maximum absolute atomic E-state index is 13.5. The smallest absolute Gasteiger partial charge is 0.266 e. The normalized spacial score (nSPS) is 18.5. The Morgan fingerprint density at radius 1 is 1.11 bits per heavy atom. The molecule has 192 valence electrons. The van der Waals surface area contributed by atoms with Crippen molar-refractivity contribution in [2.45, 2.75) is 13.5 Å². The summed E-state index contributed by atoms with van der Waals surface area (Å²) >= 11 is 1.36. The summed E-state index contributed by atoms with van der Waals surface area (Å²) in [6, 6.07) is 17.6. The van der Waals surface area contributed by atoms with Crippen LogP contribution in [0, 0.1) is 0 Å². The molecule has 0 bridgehead atoms. The quantitative estimate of drug-likeness (QED) is 0.331. The maximum Gasteiger partial charge on any atom is 0.266 e. The highest BCUT2D eigenvalue weighted by Gasteiger charge is 2.33. The van der Waals surface area contributed by atoms with E-state index in [-0.39, 0.29) is 18.4 Å². The van der Waals surface area contributed by atoms with Crippen LogP contribution < -0.4 is 0 Å². The van der Waals surface area contributed by atoms with E-state index in [1.54, 1.807) is 4.90 Å². The number of amides is 2. The van der Waals surface area contributed by atoms with Crippen LogP contribution in [-0.4, -0.2) is 77.4 Å². The fraction of sp³-hybridized carbons (Fsp3) is 0.321. The molecule has 0 unspecified atom stereocenters. The molecule has 0 aliphatic carbocycles. The highest BCUT2D eigenvalue weighted by atomic mass is 32.2. The topological polar surface area (TPSA) is 76.4 Å². The summed E-state index contributed by atoms with van der Waals surface area (Å²) in [5.41, 5.74) is 2.64. The van der Waals surface area contributed by atoms with Gasteiger partial charge in [-0.15, -0.1) is 0 Å². The first kappa shape index (κ1) is 25.3. The van der Waals surface area contributed by atoms with Crippen LogP contribution in [0.1, 0.15) is 12.5 Å². The van der Waals surface area contributed by atoms with Gasteiger partial charge in [0.05, 0.1) is 37.0 Å². The number of benzene rings is 2. The van der Waals surface area contributed by atoms with Crippen molar-refractivity contribution in [1.29, 1.82) is 0 Å². The van der Waals surface area contributed by atoms with Crippen molar-refractivity contribution in [2.75, 3.05) is 46.1 Å². The number of aromatic nitrogens is 1. The van der Waals surface area contributed by atoms with Crippen molar-refractivity contribution in [2.24, 2.45) is 4.99 Å². The fourth-order valence-electron chi connectivity index (χ4n) is 4.42. The van der Waals surface area contributed by atoms with E-state index >= 15 is 0 Å². The lowest BCUT2D eigenvalue weighted by Crippen LogP contribution is -2.42. The SMILES string of the molecule is CCOCCN1C(=O)/C(=C/c2cn(CC(=O)N3CCOCC3)c3ccccc23)SC1=Nc1ccccc1. The second-order valence-electron chi connectivity index (χ2n) is 8.72. The van der Waals surface area contributed by atoms with Crippen molar-refractivity contribution in [1.82, 2.24) is 14.4 Å². The van der Waals surface area contributed by atoms with E-state index in [0.29, 0.717) is 56.1 Å². The van der Waals surface area contributed by atoms with E-state index in [1.807, 2.05) is 83.3 Å². The molecule has 2 fully saturated rings. The number of hydrogen-bond acceptors (Lipinski definition) is 6. The first-order chi connectivity index (χ1) is 18.1. The first-order valence-corrected chi connectivity index (χ1v) is 13.3. The molecule has 1 aromatic heterocycles. The number of para-hydroxylation sites is 2. The van der Waals surface area contributed by atoms with E-state index in [2.05, 4.69) is 0 Å². The zero-order valence-corrected chi connectivity index (χ0v) is 21.7. The Hall–Kier alpha value is -3.40. The van der Waals surface area contributed by atoms with Gasteiger partial charge in [0.25, 0.3) is 5.91 Å². The number of aliphatic imine (C=N–C) groups is 1. The van der Waals surface area contributed by atoms with Crippen LogP contribution in [0.25, 0.3) is 17.0 Å². The average Bonchev–Trinajstić information content (AvgIpc) is 3.42. The number of fused-ring (bicyclic) bond motifs is 1. The molecule has 0 saturated carbocycles. The maximum atomic E-state index is 13.5. The molecular weight excluding hydrogens is 488 g/mol. The third-order valence-corrected chi connectivity index (χ3v) is 7.31. The minimum Gasteiger partial charge on any atom is -0.380 e. The van der Waals surface area contributed by atoms with Gasteiger partial charge >= 0.3 is 0 Å². The van der Waals surface area contributed by atoms with Crippen LogP contribution in [0.2, 0.25) is 0 Å². The van der Waals surface area contributed by atoms with E-state index in [9.17, 15) is 9.59 Å². The van der Waals surface area contributed by atoms with Crippen molar-refractivity contribution in [3.63, 3.8) is 0 Å². The third-order valence-electron chi connectivity index (χ3n) is 6.31. The predicted octanol–water partition coefficient (Wildman–Crippen LogP) is 4.14. The van der Waals surface area contributed by atoms with Gasteiger partial charge in [-0.05, 0) is 43.0 Å². The molecule has 3 heterocycles. The molecule has 2 amide bonds. The van der Waals surface area contributed by atoms with Crippen molar-refractivity contribution >= 4 is 51.4 Å². The molecule has 5 rings (SSSR count). The molecule has 2 aromatic carbocycles. The summed E-state index contributed by atoms with van der Waals surface area (Å²) in [4.78, 5) is 35.3. The molecule has 2 aliphatic rings. The summed E-state index contributed by atoms with van der Waals surface area (Å²) in [7, 11) is 0. The van der Waals surface area contributed by atoms with Crippen molar-refractivity contribution in [3.8, 4) is 0 Å². The van der Waals surface area contributed by atoms with Crippen molar-refractivity contribution < 1.29 is 19.1 Å². The second-order valence-corrected chi connectivity index (χ2v) is 9.73. The lowest BCUT2D eigenvalue weighted by atomic mass is 10.1. The number of carbonyl (C=O) groups excluding carboxylic acids is 2. The molecule has 8 nitrogen and oxygen atoms in total. The average molecular weight is 519 g/mol. The lowest BCUT2D eigenvalue weighted by molar-refractivity contribution is -0.135. The molecule has 2 aliphatic heterocycles. The van der Waals surface area contributed by atoms with Crippen LogP contribution in [0.3, 0.4) is 0 Å². The van der Waals surface area contributed by atoms with Gasteiger partial charge in [-0.25, -0.2) is 4.99 Å². The van der Waals surface area contributed by atoms with Crippen molar-refractivity contribution in [3.05, 3.63) is 71.3 Å². The van der Waals surface area contributed by atoms with Gasteiger partial charge in [0, 0.05) is 42.4 Å². The summed E-state index contributed by atoms with van der Waals surface area (Å²) in [6.45, 7) is 6.00. The molecular formula is C28H30N4O4S. The zero-order valence-electron chi connectivity index (χ0n) is 20.8. The molecule has 37 heavy (non-hydrogen) atoms. The zero-order chi connectivity index (χ0) is 25.6. The molecule has 0 radical (unpaired) electrons. The summed E-state index contributed by atoms with van der Waals surface area (Å²) < 4.78 is 12.9. The number of ether oxygens (including phenoxy) is 2. The number of hydrogen-bond donors (Lipinski definition) is 0. The highest BCUT2D eigenvalue weighted by Crippen LogP contribution is 2.35. The fourth-order valence-corrected chi connectivity index (χ4v) is 5.44. The molecule has 0 spiro atoms. The van der Waals surface area contributed by atoms with Gasteiger partial charge in [-0.2, -0.15) is 0 Å². The molecule has 3 aromatic rings. The Kier molecular flexibility index (Phi) is 8.03. The standard InChI is InChI=1S/C28H30N4O4S/c1-2-35-17-14-32-27(34)25(37-28(32)29-22-8-4-3-5-9-22)18-21-19-31(24-11-7-6-10-23(21)24)20-26(33)30-12-15-36-16-13-30/h3-11,18-19H,2,12-17,20H2,1H3/b25-18-,29-28?. The van der Waals surface area contributed by atoms with Crippen LogP contribution in [0.5, 0.6) is 0 Å². The van der Waals surface area contributed by atoms with E-state index < -0.39 is 0 Å². The summed E-state index contributed by atoms with van der Waals surface area (Å²) in [5, 5.41) is 1.63. The molecule has 2 saturated heterocycles. The number of thioether (sulfide) groups is 1. The van der Waals surface area contributed by atoms with E-state index in [1.165, 1.54) is 11.8 Å². The van der Waals surface area contributed by atoms with Gasteiger partial charge < -0.3 is 18.9 Å². The Labute approximate surface area is 220 Å². The van der Waals surface area contributed by atoms with E-state index in [4.69, 9.17) is 14.5 Å². The number of rotatable bonds is 8. The van der Waals surface area contributed by atoms with Gasteiger partial charge in [0.1, 0.15) is 6.54 Å². The van der Waals surface area contributed by atoms with Crippen LogP contribution in [0.4, 0.5) is 5.69 Å². The molecule has 0 N–H and O–H groups in total. The highest BCUT2D eigenvalue weighted by molar-refractivity contribution is 8.18. The second kappa shape index (κ2) is 11.8. The third kappa shape index (κ3) is 5.79. The van der Waals surface area contributed by atoms with E-state index in [0.717, 1.165) is 22.2 Å². The number of amidine groups is 1. The minimum atomic E-state index is -0.0967. The lowest BCUT2D eigenvalue weighted by Gasteiger charge is -2.27. The molecule has 9 heteroatoms. The number of morpholine rings is 1. The predicted molar refractivity (Wildman–Crippen MR) is 147 cm³/mol. The number of carbonyl (C=O) groups is 2.